The van der Waals surface area contributed by atoms with Gasteiger partial charge in [0.25, 0.3) is 0 Å². The Kier molecular flexibility index (Phi) is 5.28. The van der Waals surface area contributed by atoms with Crippen molar-refractivity contribution in [1.82, 2.24) is 9.62 Å². The first-order valence-corrected chi connectivity index (χ1v) is 12.5. The van der Waals surface area contributed by atoms with E-state index in [-0.39, 0.29) is 11.8 Å². The predicted octanol–water partition coefficient (Wildman–Crippen LogP) is 2.95. The van der Waals surface area contributed by atoms with E-state index in [4.69, 9.17) is 5.73 Å². The molecule has 1 saturated carbocycles. The second-order valence-electron chi connectivity index (χ2n) is 9.47. The molecule has 2 aromatic carbocycles. The van der Waals surface area contributed by atoms with Crippen molar-refractivity contribution in [2.45, 2.75) is 54.4 Å². The number of fused-ring (bicyclic) bond motifs is 4. The number of nitrogens with zero attached hydrogens (tertiary/aromatic N) is 1. The number of hydrogen-bond donors (Lipinski definition) is 3. The second kappa shape index (κ2) is 7.69. The highest BCUT2D eigenvalue weighted by atomic mass is 32.2. The molecule has 2 aliphatic carbocycles. The number of phenols is 1. The van der Waals surface area contributed by atoms with Crippen LogP contribution in [0.15, 0.2) is 47.4 Å². The summed E-state index contributed by atoms with van der Waals surface area (Å²) >= 11 is 0. The van der Waals surface area contributed by atoms with Crippen molar-refractivity contribution >= 4 is 10.0 Å². The largest absolute Gasteiger partial charge is 0.508 e. The van der Waals surface area contributed by atoms with Crippen LogP contribution in [0, 0.1) is 5.92 Å². The van der Waals surface area contributed by atoms with E-state index < -0.39 is 38.2 Å². The summed E-state index contributed by atoms with van der Waals surface area (Å²) < 4.78 is 68.8. The zero-order valence-corrected chi connectivity index (χ0v) is 18.7. The van der Waals surface area contributed by atoms with Gasteiger partial charge in [0.15, 0.2) is 0 Å². The minimum Gasteiger partial charge on any atom is -0.508 e. The van der Waals surface area contributed by atoms with E-state index >= 15 is 0 Å². The van der Waals surface area contributed by atoms with Gasteiger partial charge in [0, 0.05) is 19.1 Å². The molecule has 0 radical (unpaired) electrons. The summed E-state index contributed by atoms with van der Waals surface area (Å²) in [6.45, 7) is 1.53. The Morgan fingerprint density at radius 1 is 1.18 bits per heavy atom. The Hall–Kier alpha value is -2.14. The average molecular weight is 482 g/mol. The fraction of sp³-hybridized carbons (Fsp3) is 0.478. The number of nitrogens with two attached hydrogens (primary N) is 1. The van der Waals surface area contributed by atoms with Gasteiger partial charge in [0.05, 0.1) is 22.0 Å². The van der Waals surface area contributed by atoms with Gasteiger partial charge in [0.2, 0.25) is 10.0 Å². The number of likely N-dealkylation sites (tertiary alicyclic amines) is 1. The molecular weight excluding hydrogens is 455 g/mol. The van der Waals surface area contributed by atoms with Gasteiger partial charge in [-0.15, -0.1) is 0 Å². The highest BCUT2D eigenvalue weighted by molar-refractivity contribution is 7.89. The molecule has 0 unspecified atom stereocenters. The van der Waals surface area contributed by atoms with Gasteiger partial charge >= 0.3 is 6.18 Å². The zero-order chi connectivity index (χ0) is 23.6. The monoisotopic (exact) mass is 481 g/mol. The van der Waals surface area contributed by atoms with E-state index in [9.17, 15) is 26.7 Å². The van der Waals surface area contributed by atoms with Crippen LogP contribution in [0.25, 0.3) is 0 Å². The van der Waals surface area contributed by atoms with E-state index in [1.807, 2.05) is 6.07 Å². The molecule has 178 valence electrons. The van der Waals surface area contributed by atoms with E-state index in [2.05, 4.69) is 9.62 Å². The van der Waals surface area contributed by atoms with Crippen molar-refractivity contribution in [3.63, 3.8) is 0 Å². The summed E-state index contributed by atoms with van der Waals surface area (Å²) in [5.74, 6) is 0.620. The van der Waals surface area contributed by atoms with Crippen LogP contribution >= 0.6 is 0 Å². The number of alkyl halides is 3. The first kappa shape index (κ1) is 22.6. The van der Waals surface area contributed by atoms with Gasteiger partial charge in [-0.25, -0.2) is 13.1 Å². The Bertz CT molecular complexity index is 1180. The van der Waals surface area contributed by atoms with Crippen molar-refractivity contribution in [3.8, 4) is 5.75 Å². The Balaban J connectivity index is 1.54. The summed E-state index contributed by atoms with van der Waals surface area (Å²) in [4.78, 5) is 1.81. The smallest absolute Gasteiger partial charge is 0.416 e. The number of sulfonamides is 1. The Morgan fingerprint density at radius 2 is 1.94 bits per heavy atom. The molecule has 3 aliphatic rings. The SMILES string of the molecule is N[C@]12CCN(CC3CC3)[C@H](Cc3ccc(O)cc31)[C@H]2NS(=O)(=O)c1cccc(C(F)(F)F)c1. The summed E-state index contributed by atoms with van der Waals surface area (Å²) in [5, 5.41) is 10.1. The molecule has 4 N–H and O–H groups in total. The van der Waals surface area contributed by atoms with Gasteiger partial charge < -0.3 is 10.8 Å². The highest BCUT2D eigenvalue weighted by Gasteiger charge is 2.53. The average Bonchev–Trinajstić information content (AvgIpc) is 3.56. The van der Waals surface area contributed by atoms with E-state index in [1.54, 1.807) is 12.1 Å². The van der Waals surface area contributed by atoms with Crippen molar-refractivity contribution in [3.05, 3.63) is 59.2 Å². The zero-order valence-electron chi connectivity index (χ0n) is 17.8. The fourth-order valence-corrected chi connectivity index (χ4v) is 6.65. The number of phenolic OH excluding ortho intramolecular Hbond substituents is 1. The van der Waals surface area contributed by atoms with Crippen molar-refractivity contribution in [1.29, 1.82) is 0 Å². The van der Waals surface area contributed by atoms with Crippen LogP contribution in [0.5, 0.6) is 5.75 Å². The molecule has 0 aromatic heterocycles. The Morgan fingerprint density at radius 3 is 2.64 bits per heavy atom. The standard InChI is InChI=1S/C23H26F3N3O3S/c24-23(25,26)16-2-1-3-18(11-16)33(31,32)28-21-20-10-15-6-7-17(30)12-19(15)22(21,27)8-9-29(20)13-14-4-5-14/h1-3,6-7,11-12,14,20-21,28,30H,4-5,8-10,13,27H2/t20-,21-,22-/m1/s1. The molecule has 0 amide bonds. The van der Waals surface area contributed by atoms with E-state index in [0.29, 0.717) is 36.9 Å². The quantitative estimate of drug-likeness (QED) is 0.611. The third-order valence-electron chi connectivity index (χ3n) is 7.19. The number of halogens is 3. The predicted molar refractivity (Wildman–Crippen MR) is 116 cm³/mol. The maximum atomic E-state index is 13.3. The summed E-state index contributed by atoms with van der Waals surface area (Å²) in [6.07, 6.45) is -1.37. The first-order chi connectivity index (χ1) is 15.5. The molecule has 33 heavy (non-hydrogen) atoms. The molecule has 1 aliphatic heterocycles. The van der Waals surface area contributed by atoms with Crippen molar-refractivity contribution < 1.29 is 26.7 Å². The van der Waals surface area contributed by atoms with Gasteiger partial charge in [0.1, 0.15) is 5.75 Å². The second-order valence-corrected chi connectivity index (χ2v) is 11.2. The number of nitrogens with one attached hydrogen (secondary N) is 1. The lowest BCUT2D eigenvalue weighted by Crippen LogP contribution is -2.71. The number of hydrogen-bond acceptors (Lipinski definition) is 5. The van der Waals surface area contributed by atoms with E-state index in [0.717, 1.165) is 43.1 Å². The van der Waals surface area contributed by atoms with Gasteiger partial charge in [-0.05, 0) is 73.1 Å². The molecule has 1 saturated heterocycles. The van der Waals surface area contributed by atoms with Crippen LogP contribution in [-0.4, -0.2) is 43.6 Å². The third kappa shape index (κ3) is 4.14. The normalized spacial score (nSPS) is 27.9. The van der Waals surface area contributed by atoms with Gasteiger partial charge in [-0.1, -0.05) is 12.1 Å². The molecule has 2 bridgehead atoms. The van der Waals surface area contributed by atoms with Crippen LogP contribution in [0.3, 0.4) is 0 Å². The molecule has 2 aromatic rings. The summed E-state index contributed by atoms with van der Waals surface area (Å²) in [5.41, 5.74) is 6.39. The minimum atomic E-state index is -4.65. The molecule has 3 atom stereocenters. The molecule has 6 nitrogen and oxygen atoms in total. The van der Waals surface area contributed by atoms with Crippen molar-refractivity contribution in [2.75, 3.05) is 13.1 Å². The van der Waals surface area contributed by atoms with E-state index in [1.165, 1.54) is 0 Å². The third-order valence-corrected chi connectivity index (χ3v) is 8.63. The van der Waals surface area contributed by atoms with Crippen LogP contribution in [0.2, 0.25) is 0 Å². The molecular formula is C23H26F3N3O3S. The van der Waals surface area contributed by atoms with Crippen LogP contribution in [-0.2, 0) is 28.2 Å². The van der Waals surface area contributed by atoms with Crippen LogP contribution in [0.4, 0.5) is 13.2 Å². The summed E-state index contributed by atoms with van der Waals surface area (Å²) in [6, 6.07) is 7.73. The topological polar surface area (TPSA) is 95.7 Å². The van der Waals surface area contributed by atoms with Crippen LogP contribution < -0.4 is 10.5 Å². The van der Waals surface area contributed by atoms with Gasteiger partial charge in [-0.3, -0.25) is 4.90 Å². The minimum absolute atomic E-state index is 0.0388. The number of benzene rings is 2. The summed E-state index contributed by atoms with van der Waals surface area (Å²) in [7, 11) is -4.29. The maximum Gasteiger partial charge on any atom is 0.416 e. The lowest BCUT2D eigenvalue weighted by Gasteiger charge is -2.55. The lowest BCUT2D eigenvalue weighted by atomic mass is 9.67. The highest BCUT2D eigenvalue weighted by Crippen LogP contribution is 2.45. The molecule has 5 rings (SSSR count). The van der Waals surface area contributed by atoms with Crippen molar-refractivity contribution in [2.24, 2.45) is 11.7 Å². The number of rotatable bonds is 5. The molecule has 1 heterocycles. The lowest BCUT2D eigenvalue weighted by molar-refractivity contribution is -0.137. The molecule has 10 heteroatoms. The number of aromatic hydroxyl groups is 1. The first-order valence-electron chi connectivity index (χ1n) is 11.0. The molecule has 2 fully saturated rings. The molecule has 0 spiro atoms. The number of piperidine rings is 1. The van der Waals surface area contributed by atoms with Crippen LogP contribution in [0.1, 0.15) is 36.0 Å². The van der Waals surface area contributed by atoms with Gasteiger partial charge in [-0.2, -0.15) is 13.2 Å². The Labute approximate surface area is 190 Å². The fourth-order valence-electron chi connectivity index (χ4n) is 5.27. The maximum absolute atomic E-state index is 13.3.